The van der Waals surface area contributed by atoms with E-state index >= 15 is 0 Å². The number of carbonyl (C=O) groups is 1. The van der Waals surface area contributed by atoms with E-state index in [4.69, 9.17) is 0 Å². The quantitative estimate of drug-likeness (QED) is 0.924. The van der Waals surface area contributed by atoms with Crippen LogP contribution in [0.15, 0.2) is 24.3 Å². The third-order valence-corrected chi connectivity index (χ3v) is 3.60. The Kier molecular flexibility index (Phi) is 4.83. The zero-order valence-corrected chi connectivity index (χ0v) is 13.0. The highest BCUT2D eigenvalue weighted by Gasteiger charge is 2.23. The van der Waals surface area contributed by atoms with Gasteiger partial charge < -0.3 is 15.1 Å². The first-order valence-electron chi connectivity index (χ1n) is 7.39. The lowest BCUT2D eigenvalue weighted by atomic mass is 10.1. The number of amides is 1. The minimum atomic E-state index is -0.202. The lowest BCUT2D eigenvalue weighted by Crippen LogP contribution is -2.52. The molecular weight excluding hydrogens is 269 g/mol. The summed E-state index contributed by atoms with van der Waals surface area (Å²) in [5.74, 6) is -0.0928. The van der Waals surface area contributed by atoms with E-state index in [0.717, 1.165) is 0 Å². The number of nitrogens with zero attached hydrogens (tertiary/aromatic N) is 2. The molecule has 1 saturated heterocycles. The second-order valence-electron chi connectivity index (χ2n) is 6.42. The van der Waals surface area contributed by atoms with Gasteiger partial charge in [0, 0.05) is 31.7 Å². The Labute approximate surface area is 125 Å². The summed E-state index contributed by atoms with van der Waals surface area (Å²) in [6.07, 6.45) is 0. The van der Waals surface area contributed by atoms with E-state index in [1.807, 2.05) is 36.6 Å². The number of carbonyl (C=O) groups excluding carboxylic acids is 1. The van der Waals surface area contributed by atoms with E-state index < -0.39 is 0 Å². The molecule has 1 aliphatic rings. The molecule has 0 unspecified atom stereocenters. The van der Waals surface area contributed by atoms with Crippen LogP contribution in [0.4, 0.5) is 10.1 Å². The molecule has 5 heteroatoms. The van der Waals surface area contributed by atoms with Crippen molar-refractivity contribution in [3.8, 4) is 0 Å². The molecule has 1 amide bonds. The van der Waals surface area contributed by atoms with Crippen molar-refractivity contribution in [3.63, 3.8) is 0 Å². The van der Waals surface area contributed by atoms with Crippen molar-refractivity contribution in [2.24, 2.45) is 0 Å². The minimum Gasteiger partial charge on any atom is -0.366 e. The highest BCUT2D eigenvalue weighted by atomic mass is 19.1. The minimum absolute atomic E-state index is 0.0648. The first-order chi connectivity index (χ1) is 9.87. The van der Waals surface area contributed by atoms with Gasteiger partial charge in [0.2, 0.25) is 5.91 Å². The first kappa shape index (κ1) is 15.8. The molecule has 0 bridgehead atoms. The maximum atomic E-state index is 13.7. The van der Waals surface area contributed by atoms with Crippen LogP contribution in [0.25, 0.3) is 0 Å². The fraction of sp³-hybridized carbons (Fsp3) is 0.562. The van der Waals surface area contributed by atoms with Crippen molar-refractivity contribution in [2.75, 3.05) is 37.6 Å². The largest absolute Gasteiger partial charge is 0.366 e. The number of hydrogen-bond donors (Lipinski definition) is 1. The summed E-state index contributed by atoms with van der Waals surface area (Å²) < 4.78 is 13.7. The molecule has 1 fully saturated rings. The summed E-state index contributed by atoms with van der Waals surface area (Å²) in [5, 5.41) is 3.21. The Bertz CT molecular complexity index is 491. The average molecular weight is 293 g/mol. The van der Waals surface area contributed by atoms with Crippen molar-refractivity contribution in [1.29, 1.82) is 0 Å². The molecule has 116 valence electrons. The van der Waals surface area contributed by atoms with Crippen molar-refractivity contribution in [2.45, 2.75) is 26.3 Å². The molecule has 1 heterocycles. The van der Waals surface area contributed by atoms with Crippen LogP contribution in [-0.4, -0.2) is 49.1 Å². The number of nitrogens with one attached hydrogen (secondary N) is 1. The van der Waals surface area contributed by atoms with Gasteiger partial charge in [-0.3, -0.25) is 4.79 Å². The Morgan fingerprint density at radius 1 is 1.19 bits per heavy atom. The molecule has 1 aromatic rings. The van der Waals surface area contributed by atoms with Gasteiger partial charge in [0.05, 0.1) is 12.2 Å². The molecule has 4 nitrogen and oxygen atoms in total. The van der Waals surface area contributed by atoms with Gasteiger partial charge >= 0.3 is 0 Å². The second-order valence-corrected chi connectivity index (χ2v) is 6.42. The van der Waals surface area contributed by atoms with Crippen LogP contribution in [0, 0.1) is 5.82 Å². The predicted molar refractivity (Wildman–Crippen MR) is 82.9 cm³/mol. The number of hydrogen-bond acceptors (Lipinski definition) is 3. The predicted octanol–water partition coefficient (Wildman–Crippen LogP) is 1.86. The van der Waals surface area contributed by atoms with Crippen molar-refractivity contribution >= 4 is 11.6 Å². The smallest absolute Gasteiger partial charge is 0.236 e. The molecule has 1 aliphatic heterocycles. The zero-order chi connectivity index (χ0) is 15.5. The van der Waals surface area contributed by atoms with E-state index in [1.165, 1.54) is 6.07 Å². The highest BCUT2D eigenvalue weighted by molar-refractivity contribution is 5.78. The van der Waals surface area contributed by atoms with Crippen molar-refractivity contribution < 1.29 is 9.18 Å². The van der Waals surface area contributed by atoms with E-state index in [1.54, 1.807) is 12.1 Å². The fourth-order valence-corrected chi connectivity index (χ4v) is 2.36. The average Bonchev–Trinajstić information content (AvgIpc) is 2.45. The monoisotopic (exact) mass is 293 g/mol. The van der Waals surface area contributed by atoms with Gasteiger partial charge in [-0.2, -0.15) is 0 Å². The lowest BCUT2D eigenvalue weighted by molar-refractivity contribution is -0.130. The number of rotatable bonds is 3. The molecule has 0 atom stereocenters. The molecule has 1 N–H and O–H groups in total. The molecule has 1 aromatic carbocycles. The summed E-state index contributed by atoms with van der Waals surface area (Å²) in [6.45, 7) is 9.08. The molecule has 21 heavy (non-hydrogen) atoms. The van der Waals surface area contributed by atoms with Gasteiger partial charge in [-0.25, -0.2) is 4.39 Å². The fourth-order valence-electron chi connectivity index (χ4n) is 2.36. The SMILES string of the molecule is CC(C)(C)NCC(=O)N1CCN(c2ccccc2F)CC1. The molecular formula is C16H24FN3O. The van der Waals surface area contributed by atoms with Crippen LogP contribution in [0.1, 0.15) is 20.8 Å². The standard InChI is InChI=1S/C16H24FN3O/c1-16(2,3)18-12-15(21)20-10-8-19(9-11-20)14-7-5-4-6-13(14)17/h4-7,18H,8-12H2,1-3H3. The number of anilines is 1. The summed E-state index contributed by atoms with van der Waals surface area (Å²) in [5.41, 5.74) is 0.558. The number of benzene rings is 1. The molecule has 0 radical (unpaired) electrons. The van der Waals surface area contributed by atoms with Crippen molar-refractivity contribution in [3.05, 3.63) is 30.1 Å². The summed E-state index contributed by atoms with van der Waals surface area (Å²) in [4.78, 5) is 16.0. The molecule has 0 saturated carbocycles. The van der Waals surface area contributed by atoms with Gasteiger partial charge in [0.1, 0.15) is 5.82 Å². The Balaban J connectivity index is 1.86. The van der Waals surface area contributed by atoms with E-state index in [9.17, 15) is 9.18 Å². The third-order valence-electron chi connectivity index (χ3n) is 3.60. The summed E-state index contributed by atoms with van der Waals surface area (Å²) in [6, 6.07) is 6.79. The molecule has 2 rings (SSSR count). The Morgan fingerprint density at radius 2 is 1.81 bits per heavy atom. The van der Waals surface area contributed by atoms with Gasteiger partial charge in [-0.1, -0.05) is 12.1 Å². The number of halogens is 1. The highest BCUT2D eigenvalue weighted by Crippen LogP contribution is 2.20. The van der Waals surface area contributed by atoms with Gasteiger partial charge in [-0.05, 0) is 32.9 Å². The molecule has 0 aromatic heterocycles. The van der Waals surface area contributed by atoms with Crippen LogP contribution < -0.4 is 10.2 Å². The third kappa shape index (κ3) is 4.43. The number of piperazine rings is 1. The normalized spacial score (nSPS) is 16.2. The van der Waals surface area contributed by atoms with Crippen LogP contribution in [0.2, 0.25) is 0 Å². The van der Waals surface area contributed by atoms with Crippen LogP contribution >= 0.6 is 0 Å². The maximum absolute atomic E-state index is 13.7. The van der Waals surface area contributed by atoms with Crippen LogP contribution in [0.3, 0.4) is 0 Å². The van der Waals surface area contributed by atoms with Gasteiger partial charge in [0.15, 0.2) is 0 Å². The molecule has 0 aliphatic carbocycles. The van der Waals surface area contributed by atoms with Crippen molar-refractivity contribution in [1.82, 2.24) is 10.2 Å². The topological polar surface area (TPSA) is 35.6 Å². The molecule has 0 spiro atoms. The van der Waals surface area contributed by atoms with E-state index in [0.29, 0.717) is 38.4 Å². The summed E-state index contributed by atoms with van der Waals surface area (Å²) in [7, 11) is 0. The van der Waals surface area contributed by atoms with Gasteiger partial charge in [0.25, 0.3) is 0 Å². The lowest BCUT2D eigenvalue weighted by Gasteiger charge is -2.36. The van der Waals surface area contributed by atoms with E-state index in [2.05, 4.69) is 5.32 Å². The maximum Gasteiger partial charge on any atom is 0.236 e. The first-order valence-corrected chi connectivity index (χ1v) is 7.39. The second kappa shape index (κ2) is 6.43. The Morgan fingerprint density at radius 3 is 2.38 bits per heavy atom. The zero-order valence-electron chi connectivity index (χ0n) is 13.0. The van der Waals surface area contributed by atoms with Crippen LogP contribution in [0.5, 0.6) is 0 Å². The van der Waals surface area contributed by atoms with E-state index in [-0.39, 0.29) is 17.3 Å². The van der Waals surface area contributed by atoms with Gasteiger partial charge in [-0.15, -0.1) is 0 Å². The number of para-hydroxylation sites is 1. The van der Waals surface area contributed by atoms with Crippen LogP contribution in [-0.2, 0) is 4.79 Å². The summed E-state index contributed by atoms with van der Waals surface area (Å²) >= 11 is 0. The Hall–Kier alpha value is -1.62.